The van der Waals surface area contributed by atoms with Crippen LogP contribution in [0.4, 0.5) is 23.2 Å². The van der Waals surface area contributed by atoms with Gasteiger partial charge in [-0.1, -0.05) is 0 Å². The van der Waals surface area contributed by atoms with Crippen LogP contribution in [0.15, 0.2) is 46.2 Å². The zero-order valence-corrected chi connectivity index (χ0v) is 21.6. The predicted molar refractivity (Wildman–Crippen MR) is 142 cm³/mol. The lowest BCUT2D eigenvalue weighted by molar-refractivity contribution is 0.0694. The van der Waals surface area contributed by atoms with Gasteiger partial charge in [-0.2, -0.15) is 0 Å². The van der Waals surface area contributed by atoms with E-state index in [1.165, 1.54) is 27.7 Å². The summed E-state index contributed by atoms with van der Waals surface area (Å²) in [5.74, 6) is -5.95. The smallest absolute Gasteiger partial charge is 0.341 e. The lowest BCUT2D eigenvalue weighted by Crippen LogP contribution is -2.54. The summed E-state index contributed by atoms with van der Waals surface area (Å²) < 4.78 is 59.4. The van der Waals surface area contributed by atoms with Gasteiger partial charge >= 0.3 is 5.97 Å². The molecule has 2 aromatic heterocycles. The molecule has 12 heteroatoms. The van der Waals surface area contributed by atoms with Gasteiger partial charge in [-0.3, -0.25) is 9.59 Å². The van der Waals surface area contributed by atoms with Crippen molar-refractivity contribution in [2.24, 2.45) is 0 Å². The van der Waals surface area contributed by atoms with Crippen LogP contribution in [0.5, 0.6) is 0 Å². The number of pyridine rings is 2. The molecule has 3 N–H and O–H groups in total. The van der Waals surface area contributed by atoms with Crippen LogP contribution in [0, 0.1) is 23.3 Å². The predicted octanol–water partition coefficient (Wildman–Crippen LogP) is 4.31. The van der Waals surface area contributed by atoms with E-state index in [0.717, 1.165) is 6.20 Å². The highest BCUT2D eigenvalue weighted by atomic mass is 19.2. The Balaban J connectivity index is 0.000000223. The first kappa shape index (κ1) is 27.4. The molecular weight excluding hydrogens is 532 g/mol. The van der Waals surface area contributed by atoms with E-state index < -0.39 is 45.5 Å². The first-order valence-corrected chi connectivity index (χ1v) is 12.7. The lowest BCUT2D eigenvalue weighted by atomic mass is 10.1. The molecule has 40 heavy (non-hydrogen) atoms. The number of benzene rings is 2. The van der Waals surface area contributed by atoms with Crippen LogP contribution in [0.1, 0.15) is 43.1 Å². The Labute approximate surface area is 224 Å². The standard InChI is InChI=1S/C19H20F3N3O3.C9H6FNO/c1-8-5-24(6-9(2)23-8)17-14(21)13(20)12-16(15(17)22)25(10-3-4-10)7-11(18(12)26)19(27)28;10-6-1-2-8-7(5-6)9(12)3-4-11-8/h7-10,23H,3-6H2,1-2H3,(H,27,28);1-5H,(H,11,12)/t8-,9+;. The number of hydrogen-bond donors (Lipinski definition) is 3. The average Bonchev–Trinajstić information content (AvgIpc) is 3.73. The molecule has 6 rings (SSSR count). The average molecular weight is 559 g/mol. The summed E-state index contributed by atoms with van der Waals surface area (Å²) in [6.07, 6.45) is 3.87. The van der Waals surface area contributed by atoms with E-state index in [4.69, 9.17) is 0 Å². The monoisotopic (exact) mass is 558 g/mol. The molecule has 2 aromatic carbocycles. The van der Waals surface area contributed by atoms with E-state index in [-0.39, 0.29) is 48.0 Å². The minimum Gasteiger partial charge on any atom is -0.477 e. The van der Waals surface area contributed by atoms with Gasteiger partial charge in [-0.15, -0.1) is 0 Å². The molecule has 3 heterocycles. The number of anilines is 1. The molecule has 0 radical (unpaired) electrons. The summed E-state index contributed by atoms with van der Waals surface area (Å²) >= 11 is 0. The van der Waals surface area contributed by atoms with Crippen LogP contribution in [-0.4, -0.2) is 45.8 Å². The highest BCUT2D eigenvalue weighted by molar-refractivity contribution is 5.94. The Morgan fingerprint density at radius 3 is 2.27 bits per heavy atom. The summed E-state index contributed by atoms with van der Waals surface area (Å²) in [5.41, 5.74) is -2.31. The fraction of sp³-hybridized carbons (Fsp3) is 0.321. The van der Waals surface area contributed by atoms with Gasteiger partial charge in [0, 0.05) is 60.6 Å². The number of halogens is 4. The van der Waals surface area contributed by atoms with Gasteiger partial charge in [-0.25, -0.2) is 22.4 Å². The summed E-state index contributed by atoms with van der Waals surface area (Å²) in [5, 5.41) is 12.0. The molecule has 2 fully saturated rings. The number of aromatic carboxylic acids is 1. The van der Waals surface area contributed by atoms with Crippen molar-refractivity contribution in [3.8, 4) is 0 Å². The van der Waals surface area contributed by atoms with E-state index in [1.807, 2.05) is 13.8 Å². The molecule has 8 nitrogen and oxygen atoms in total. The fourth-order valence-electron chi connectivity index (χ4n) is 5.21. The van der Waals surface area contributed by atoms with Crippen LogP contribution in [-0.2, 0) is 0 Å². The number of nitrogens with one attached hydrogen (secondary N) is 2. The molecule has 210 valence electrons. The molecule has 0 bridgehead atoms. The zero-order valence-electron chi connectivity index (χ0n) is 21.6. The first-order valence-electron chi connectivity index (χ1n) is 12.7. The summed E-state index contributed by atoms with van der Waals surface area (Å²) in [6, 6.07) is 5.09. The third-order valence-corrected chi connectivity index (χ3v) is 7.04. The number of nitrogens with zero attached hydrogens (tertiary/aromatic N) is 2. The summed E-state index contributed by atoms with van der Waals surface area (Å²) in [4.78, 5) is 39.3. The second-order valence-corrected chi connectivity index (χ2v) is 10.2. The highest BCUT2D eigenvalue weighted by Crippen LogP contribution is 2.40. The van der Waals surface area contributed by atoms with E-state index in [0.29, 0.717) is 23.7 Å². The molecule has 2 aliphatic rings. The second-order valence-electron chi connectivity index (χ2n) is 10.2. The van der Waals surface area contributed by atoms with E-state index >= 15 is 4.39 Å². The number of carbonyl (C=O) groups is 1. The van der Waals surface area contributed by atoms with Gasteiger partial charge in [0.2, 0.25) is 5.43 Å². The van der Waals surface area contributed by atoms with Gasteiger partial charge in [0.15, 0.2) is 22.9 Å². The Bertz CT molecular complexity index is 1760. The van der Waals surface area contributed by atoms with Gasteiger partial charge < -0.3 is 24.9 Å². The summed E-state index contributed by atoms with van der Waals surface area (Å²) in [7, 11) is 0. The number of H-pyrrole nitrogens is 1. The van der Waals surface area contributed by atoms with Crippen molar-refractivity contribution in [1.82, 2.24) is 14.9 Å². The third-order valence-electron chi connectivity index (χ3n) is 7.04. The van der Waals surface area contributed by atoms with Crippen LogP contribution in [0.2, 0.25) is 0 Å². The quantitative estimate of drug-likeness (QED) is 0.256. The maximum Gasteiger partial charge on any atom is 0.341 e. The van der Waals surface area contributed by atoms with Gasteiger partial charge in [0.25, 0.3) is 0 Å². The SMILES string of the molecule is C[C@@H]1CN(c2c(F)c(F)c3c(=O)c(C(=O)O)cn(C4CC4)c3c2F)C[C@H](C)N1.O=c1cc[nH]c2ccc(F)cc12. The third kappa shape index (κ3) is 4.94. The fourth-order valence-corrected chi connectivity index (χ4v) is 5.21. The number of aromatic amines is 1. The van der Waals surface area contributed by atoms with Gasteiger partial charge in [0.1, 0.15) is 17.1 Å². The van der Waals surface area contributed by atoms with Crippen molar-refractivity contribution < 1.29 is 27.5 Å². The van der Waals surface area contributed by atoms with E-state index in [1.54, 1.807) is 12.3 Å². The molecule has 0 unspecified atom stereocenters. The maximum absolute atomic E-state index is 15.5. The van der Waals surface area contributed by atoms with Crippen LogP contribution in [0.3, 0.4) is 0 Å². The van der Waals surface area contributed by atoms with Gasteiger partial charge in [0.05, 0.1) is 10.9 Å². The highest BCUT2D eigenvalue weighted by Gasteiger charge is 2.35. The zero-order chi connectivity index (χ0) is 28.9. The van der Waals surface area contributed by atoms with Crippen molar-refractivity contribution in [2.75, 3.05) is 18.0 Å². The van der Waals surface area contributed by atoms with Crippen molar-refractivity contribution >= 4 is 33.5 Å². The number of rotatable bonds is 3. The van der Waals surface area contributed by atoms with Crippen molar-refractivity contribution in [1.29, 1.82) is 0 Å². The van der Waals surface area contributed by atoms with Crippen molar-refractivity contribution in [3.05, 3.63) is 85.9 Å². The number of fused-ring (bicyclic) bond motifs is 2. The normalized spacial score (nSPS) is 19.0. The Morgan fingerprint density at radius 1 is 0.975 bits per heavy atom. The molecule has 1 aliphatic heterocycles. The minimum absolute atomic E-state index is 0.0682. The van der Waals surface area contributed by atoms with Crippen LogP contribution >= 0.6 is 0 Å². The molecule has 1 saturated carbocycles. The largest absolute Gasteiger partial charge is 0.477 e. The summed E-state index contributed by atoms with van der Waals surface area (Å²) in [6.45, 7) is 4.25. The number of carboxylic acids is 1. The molecule has 0 amide bonds. The maximum atomic E-state index is 15.5. The van der Waals surface area contributed by atoms with Crippen LogP contribution in [0.25, 0.3) is 21.8 Å². The molecule has 1 saturated heterocycles. The molecule has 4 aromatic rings. The number of carboxylic acid groups (broad SMARTS) is 1. The van der Waals surface area contributed by atoms with Crippen molar-refractivity contribution in [3.63, 3.8) is 0 Å². The number of piperazine rings is 1. The lowest BCUT2D eigenvalue weighted by Gasteiger charge is -2.38. The molecular formula is C28H26F4N4O4. The van der Waals surface area contributed by atoms with E-state index in [2.05, 4.69) is 10.3 Å². The van der Waals surface area contributed by atoms with Crippen molar-refractivity contribution in [2.45, 2.75) is 44.8 Å². The van der Waals surface area contributed by atoms with E-state index in [9.17, 15) is 32.7 Å². The van der Waals surface area contributed by atoms with Gasteiger partial charge in [-0.05, 0) is 44.9 Å². The Kier molecular flexibility index (Phi) is 7.13. The van der Waals surface area contributed by atoms with Crippen LogP contribution < -0.4 is 21.1 Å². The Hall–Kier alpha value is -4.19. The number of aromatic nitrogens is 2. The molecule has 0 spiro atoms. The molecule has 2 atom stereocenters. The minimum atomic E-state index is -1.56. The topological polar surface area (TPSA) is 107 Å². The Morgan fingerprint density at radius 2 is 1.65 bits per heavy atom. The molecule has 1 aliphatic carbocycles. The number of hydrogen-bond acceptors (Lipinski definition) is 5. The first-order chi connectivity index (χ1) is 19.0. The second kappa shape index (κ2) is 10.4.